The second-order valence-corrected chi connectivity index (χ2v) is 6.00. The Morgan fingerprint density at radius 3 is 2.82 bits per heavy atom. The second-order valence-electron chi connectivity index (χ2n) is 6.00. The summed E-state index contributed by atoms with van der Waals surface area (Å²) in [6.45, 7) is 0.896. The third-order valence-electron chi connectivity index (χ3n) is 4.42. The Morgan fingerprint density at radius 2 is 2.14 bits per heavy atom. The van der Waals surface area contributed by atoms with Crippen molar-refractivity contribution in [3.63, 3.8) is 0 Å². The molecule has 0 radical (unpaired) electrons. The molecule has 3 fully saturated rings. The smallest absolute Gasteiger partial charge is 0.324 e. The number of hydrogen-bond donors (Lipinski definition) is 1. The zero-order valence-corrected chi connectivity index (χ0v) is 11.9. The summed E-state index contributed by atoms with van der Waals surface area (Å²) in [5.74, 6) is 0.742. The number of carbonyl (C=O) groups is 3. The molecule has 2 aliphatic heterocycles. The summed E-state index contributed by atoms with van der Waals surface area (Å²) >= 11 is 0. The standard InChI is InChI=1S/C14H16N4O4/c19-12-6-15-14(21)18(12)9-3-4-17(7-9)13(20)10-5-11(22-16-10)8-1-2-8/h5,8-9H,1-4,6-7H2,(H,15,21). The first-order chi connectivity index (χ1) is 10.6. The topological polar surface area (TPSA) is 95.8 Å². The average Bonchev–Trinajstić information content (AvgIpc) is 2.93. The molecule has 1 aromatic heterocycles. The summed E-state index contributed by atoms with van der Waals surface area (Å²) in [5, 5.41) is 6.35. The van der Waals surface area contributed by atoms with Crippen LogP contribution in [0.3, 0.4) is 0 Å². The van der Waals surface area contributed by atoms with Crippen molar-refractivity contribution in [3.05, 3.63) is 17.5 Å². The zero-order valence-electron chi connectivity index (χ0n) is 11.9. The van der Waals surface area contributed by atoms with Gasteiger partial charge in [0.1, 0.15) is 5.76 Å². The van der Waals surface area contributed by atoms with E-state index in [-0.39, 0.29) is 30.4 Å². The monoisotopic (exact) mass is 304 g/mol. The number of rotatable bonds is 3. The van der Waals surface area contributed by atoms with Crippen LogP contribution in [-0.4, -0.2) is 58.5 Å². The van der Waals surface area contributed by atoms with Crippen molar-refractivity contribution in [2.75, 3.05) is 19.6 Å². The lowest BCUT2D eigenvalue weighted by Crippen LogP contribution is -2.42. The summed E-state index contributed by atoms with van der Waals surface area (Å²) in [5.41, 5.74) is 0.305. The van der Waals surface area contributed by atoms with Gasteiger partial charge in [0.15, 0.2) is 5.69 Å². The highest BCUT2D eigenvalue weighted by molar-refractivity contribution is 6.02. The fraction of sp³-hybridized carbons (Fsp3) is 0.571. The molecule has 3 heterocycles. The molecule has 0 aromatic carbocycles. The van der Waals surface area contributed by atoms with Gasteiger partial charge in [0.25, 0.3) is 5.91 Å². The first-order valence-electron chi connectivity index (χ1n) is 7.49. The fourth-order valence-corrected chi connectivity index (χ4v) is 3.05. The van der Waals surface area contributed by atoms with Gasteiger partial charge in [-0.2, -0.15) is 0 Å². The lowest BCUT2D eigenvalue weighted by Gasteiger charge is -2.21. The van der Waals surface area contributed by atoms with Crippen LogP contribution in [0.15, 0.2) is 10.6 Å². The number of carbonyl (C=O) groups excluding carboxylic acids is 3. The molecule has 116 valence electrons. The van der Waals surface area contributed by atoms with Crippen LogP contribution in [0.2, 0.25) is 0 Å². The maximum Gasteiger partial charge on any atom is 0.324 e. The number of nitrogens with zero attached hydrogens (tertiary/aromatic N) is 3. The number of amides is 4. The van der Waals surface area contributed by atoms with Crippen molar-refractivity contribution in [1.29, 1.82) is 0 Å². The van der Waals surface area contributed by atoms with Crippen LogP contribution < -0.4 is 5.32 Å². The molecule has 1 N–H and O–H groups in total. The molecule has 2 saturated heterocycles. The summed E-state index contributed by atoms with van der Waals surface area (Å²) in [4.78, 5) is 38.7. The van der Waals surface area contributed by atoms with E-state index < -0.39 is 0 Å². The van der Waals surface area contributed by atoms with Gasteiger partial charge in [-0.3, -0.25) is 14.5 Å². The van der Waals surface area contributed by atoms with E-state index in [0.29, 0.717) is 31.1 Å². The lowest BCUT2D eigenvalue weighted by molar-refractivity contribution is -0.126. The van der Waals surface area contributed by atoms with E-state index in [1.54, 1.807) is 11.0 Å². The molecular weight excluding hydrogens is 288 g/mol. The van der Waals surface area contributed by atoms with Crippen molar-refractivity contribution in [1.82, 2.24) is 20.3 Å². The first-order valence-corrected chi connectivity index (χ1v) is 7.49. The highest BCUT2D eigenvalue weighted by Gasteiger charge is 2.40. The molecule has 8 heteroatoms. The van der Waals surface area contributed by atoms with Gasteiger partial charge in [-0.25, -0.2) is 4.79 Å². The molecule has 3 aliphatic rings. The van der Waals surface area contributed by atoms with Crippen LogP contribution in [0.1, 0.15) is 41.4 Å². The second kappa shape index (κ2) is 4.82. The number of nitrogens with one attached hydrogen (secondary N) is 1. The fourth-order valence-electron chi connectivity index (χ4n) is 3.05. The minimum absolute atomic E-state index is 0.0390. The summed E-state index contributed by atoms with van der Waals surface area (Å²) in [6.07, 6.45) is 2.76. The number of imide groups is 1. The van der Waals surface area contributed by atoms with Crippen molar-refractivity contribution in [2.24, 2.45) is 0 Å². The van der Waals surface area contributed by atoms with Crippen LogP contribution in [-0.2, 0) is 4.79 Å². The van der Waals surface area contributed by atoms with Crippen molar-refractivity contribution in [3.8, 4) is 0 Å². The molecule has 1 saturated carbocycles. The van der Waals surface area contributed by atoms with E-state index in [2.05, 4.69) is 10.5 Å². The molecule has 0 bridgehead atoms. The molecule has 0 spiro atoms. The minimum atomic E-state index is -0.373. The molecule has 1 aromatic rings. The molecular formula is C14H16N4O4. The third kappa shape index (κ3) is 2.15. The van der Waals surface area contributed by atoms with Crippen LogP contribution >= 0.6 is 0 Å². The maximum absolute atomic E-state index is 12.4. The van der Waals surface area contributed by atoms with E-state index in [0.717, 1.165) is 18.6 Å². The lowest BCUT2D eigenvalue weighted by atomic mass is 10.2. The molecule has 8 nitrogen and oxygen atoms in total. The van der Waals surface area contributed by atoms with Gasteiger partial charge in [0.05, 0.1) is 12.6 Å². The average molecular weight is 304 g/mol. The Morgan fingerprint density at radius 1 is 1.32 bits per heavy atom. The molecule has 1 unspecified atom stereocenters. The van der Waals surface area contributed by atoms with Crippen molar-refractivity contribution >= 4 is 17.8 Å². The van der Waals surface area contributed by atoms with Gasteiger partial charge >= 0.3 is 6.03 Å². The maximum atomic E-state index is 12.4. The van der Waals surface area contributed by atoms with Crippen molar-refractivity contribution in [2.45, 2.75) is 31.2 Å². The number of likely N-dealkylation sites (tertiary alicyclic amines) is 1. The van der Waals surface area contributed by atoms with Crippen LogP contribution in [0.25, 0.3) is 0 Å². The summed E-state index contributed by atoms with van der Waals surface area (Å²) in [7, 11) is 0. The predicted molar refractivity (Wildman–Crippen MR) is 73.0 cm³/mol. The largest absolute Gasteiger partial charge is 0.360 e. The van der Waals surface area contributed by atoms with Gasteiger partial charge < -0.3 is 14.7 Å². The van der Waals surface area contributed by atoms with Crippen molar-refractivity contribution < 1.29 is 18.9 Å². The first kappa shape index (κ1) is 13.3. The van der Waals surface area contributed by atoms with Crippen LogP contribution in [0, 0.1) is 0 Å². The molecule has 4 amide bonds. The highest BCUT2D eigenvalue weighted by Crippen LogP contribution is 2.40. The quantitative estimate of drug-likeness (QED) is 0.811. The predicted octanol–water partition coefficient (Wildman–Crippen LogP) is 0.318. The van der Waals surface area contributed by atoms with Gasteiger partial charge in [-0.15, -0.1) is 0 Å². The Balaban J connectivity index is 1.44. The normalized spacial score (nSPS) is 25.0. The van der Waals surface area contributed by atoms with E-state index in [1.807, 2.05) is 0 Å². The minimum Gasteiger partial charge on any atom is -0.360 e. The van der Waals surface area contributed by atoms with Crippen LogP contribution in [0.5, 0.6) is 0 Å². The highest BCUT2D eigenvalue weighted by atomic mass is 16.5. The Labute approximate surface area is 126 Å². The Kier molecular flexibility index (Phi) is 2.91. The van der Waals surface area contributed by atoms with E-state index in [9.17, 15) is 14.4 Å². The number of hydrogen-bond acceptors (Lipinski definition) is 5. The van der Waals surface area contributed by atoms with E-state index in [1.165, 1.54) is 4.90 Å². The number of urea groups is 1. The van der Waals surface area contributed by atoms with Gasteiger partial charge in [-0.1, -0.05) is 5.16 Å². The molecule has 1 atom stereocenters. The SMILES string of the molecule is O=C(c1cc(C2CC2)on1)N1CCC(N2C(=O)CNC2=O)C1. The van der Waals surface area contributed by atoms with Crippen LogP contribution in [0.4, 0.5) is 4.79 Å². The van der Waals surface area contributed by atoms with Gasteiger partial charge in [-0.05, 0) is 19.3 Å². The summed E-state index contributed by atoms with van der Waals surface area (Å²) in [6, 6.07) is 1.08. The molecule has 1 aliphatic carbocycles. The molecule has 22 heavy (non-hydrogen) atoms. The third-order valence-corrected chi connectivity index (χ3v) is 4.42. The Hall–Kier alpha value is -2.38. The van der Waals surface area contributed by atoms with Gasteiger partial charge in [0, 0.05) is 25.1 Å². The number of aromatic nitrogens is 1. The molecule has 4 rings (SSSR count). The zero-order chi connectivity index (χ0) is 15.3. The van der Waals surface area contributed by atoms with E-state index in [4.69, 9.17) is 4.52 Å². The Bertz CT molecular complexity index is 635. The summed E-state index contributed by atoms with van der Waals surface area (Å²) < 4.78 is 5.20. The van der Waals surface area contributed by atoms with Gasteiger partial charge in [0.2, 0.25) is 5.91 Å². The van der Waals surface area contributed by atoms with E-state index >= 15 is 0 Å².